The molecule has 0 saturated heterocycles. The first-order valence-electron chi connectivity index (χ1n) is 10.1. The number of nitrogens with one attached hydrogen (secondary N) is 1. The lowest BCUT2D eigenvalue weighted by molar-refractivity contribution is -0.142. The molecule has 0 aliphatic carbocycles. The summed E-state index contributed by atoms with van der Waals surface area (Å²) in [7, 11) is 0. The molecule has 0 saturated carbocycles. The van der Waals surface area contributed by atoms with Gasteiger partial charge in [-0.05, 0) is 56.9 Å². The van der Waals surface area contributed by atoms with Crippen LogP contribution in [0.2, 0.25) is 0 Å². The Bertz CT molecular complexity index is 848. The maximum atomic E-state index is 13.0. The lowest BCUT2D eigenvalue weighted by Gasteiger charge is -2.29. The SMILES string of the molecule is CCCNC(=O)C(C)N(Cc1cccc(C)c1)C(=O)COc1cc(C)ccc1C. The zero-order valence-corrected chi connectivity index (χ0v) is 18.1. The van der Waals surface area contributed by atoms with Crippen LogP contribution in [0.1, 0.15) is 42.5 Å². The molecule has 0 aromatic heterocycles. The Balaban J connectivity index is 2.16. The molecule has 1 unspecified atom stereocenters. The van der Waals surface area contributed by atoms with Gasteiger partial charge in [0.05, 0.1) is 0 Å². The van der Waals surface area contributed by atoms with Crippen LogP contribution >= 0.6 is 0 Å². The first-order chi connectivity index (χ1) is 13.8. The fourth-order valence-corrected chi connectivity index (χ4v) is 3.07. The molecule has 156 valence electrons. The molecule has 0 spiro atoms. The summed E-state index contributed by atoms with van der Waals surface area (Å²) in [6.45, 7) is 10.5. The van der Waals surface area contributed by atoms with E-state index < -0.39 is 6.04 Å². The van der Waals surface area contributed by atoms with Crippen LogP contribution in [-0.2, 0) is 16.1 Å². The minimum atomic E-state index is -0.586. The zero-order chi connectivity index (χ0) is 21.4. The normalized spacial score (nSPS) is 11.6. The van der Waals surface area contributed by atoms with Crippen LogP contribution < -0.4 is 10.1 Å². The van der Waals surface area contributed by atoms with Gasteiger partial charge < -0.3 is 15.0 Å². The van der Waals surface area contributed by atoms with Gasteiger partial charge in [0, 0.05) is 13.1 Å². The molecule has 1 N–H and O–H groups in total. The molecule has 29 heavy (non-hydrogen) atoms. The van der Waals surface area contributed by atoms with Crippen molar-refractivity contribution >= 4 is 11.8 Å². The molecular weight excluding hydrogens is 364 g/mol. The van der Waals surface area contributed by atoms with Gasteiger partial charge >= 0.3 is 0 Å². The molecule has 0 heterocycles. The van der Waals surface area contributed by atoms with Gasteiger partial charge in [0.2, 0.25) is 5.91 Å². The highest BCUT2D eigenvalue weighted by molar-refractivity contribution is 5.87. The first-order valence-corrected chi connectivity index (χ1v) is 10.1. The molecule has 0 aliphatic rings. The number of rotatable bonds is 9. The minimum absolute atomic E-state index is 0.110. The molecule has 5 heteroatoms. The van der Waals surface area contributed by atoms with E-state index in [2.05, 4.69) is 5.32 Å². The van der Waals surface area contributed by atoms with Gasteiger partial charge in [0.25, 0.3) is 5.91 Å². The summed E-state index contributed by atoms with van der Waals surface area (Å²) in [5.41, 5.74) is 4.15. The highest BCUT2D eigenvalue weighted by Gasteiger charge is 2.26. The van der Waals surface area contributed by atoms with E-state index in [-0.39, 0.29) is 18.4 Å². The summed E-state index contributed by atoms with van der Waals surface area (Å²) >= 11 is 0. The smallest absolute Gasteiger partial charge is 0.261 e. The Morgan fingerprint density at radius 3 is 2.48 bits per heavy atom. The number of amides is 2. The summed E-state index contributed by atoms with van der Waals surface area (Å²) in [5.74, 6) is 0.322. The average molecular weight is 397 g/mol. The van der Waals surface area contributed by atoms with Crippen LogP contribution in [0.15, 0.2) is 42.5 Å². The van der Waals surface area contributed by atoms with Gasteiger partial charge in [-0.1, -0.05) is 48.9 Å². The fraction of sp³-hybridized carbons (Fsp3) is 0.417. The second-order valence-corrected chi connectivity index (χ2v) is 7.54. The van der Waals surface area contributed by atoms with E-state index in [1.807, 2.05) is 70.2 Å². The van der Waals surface area contributed by atoms with E-state index in [0.29, 0.717) is 18.8 Å². The van der Waals surface area contributed by atoms with Gasteiger partial charge in [0.1, 0.15) is 11.8 Å². The predicted molar refractivity (Wildman–Crippen MR) is 116 cm³/mol. The monoisotopic (exact) mass is 396 g/mol. The quantitative estimate of drug-likeness (QED) is 0.699. The maximum absolute atomic E-state index is 13.0. The van der Waals surface area contributed by atoms with Gasteiger partial charge in [-0.2, -0.15) is 0 Å². The Labute approximate surface area is 174 Å². The summed E-state index contributed by atoms with van der Waals surface area (Å²) in [5, 5.41) is 2.88. The summed E-state index contributed by atoms with van der Waals surface area (Å²) in [4.78, 5) is 27.2. The van der Waals surface area contributed by atoms with Crippen molar-refractivity contribution in [3.63, 3.8) is 0 Å². The fourth-order valence-electron chi connectivity index (χ4n) is 3.07. The summed E-state index contributed by atoms with van der Waals surface area (Å²) in [6, 6.07) is 13.3. The third-order valence-electron chi connectivity index (χ3n) is 4.85. The molecule has 1 atom stereocenters. The standard InChI is InChI=1S/C24H32N2O3/c1-6-12-25-24(28)20(5)26(15-21-9-7-8-17(2)13-21)23(27)16-29-22-14-18(3)10-11-19(22)4/h7-11,13-14,20H,6,12,15-16H2,1-5H3,(H,25,28). The largest absolute Gasteiger partial charge is 0.483 e. The number of carbonyl (C=O) groups excluding carboxylic acids is 2. The number of hydrogen-bond donors (Lipinski definition) is 1. The molecule has 5 nitrogen and oxygen atoms in total. The summed E-state index contributed by atoms with van der Waals surface area (Å²) in [6.07, 6.45) is 0.847. The van der Waals surface area contributed by atoms with E-state index in [1.165, 1.54) is 0 Å². The van der Waals surface area contributed by atoms with Gasteiger partial charge in [-0.3, -0.25) is 9.59 Å². The van der Waals surface area contributed by atoms with Crippen molar-refractivity contribution in [1.82, 2.24) is 10.2 Å². The summed E-state index contributed by atoms with van der Waals surface area (Å²) < 4.78 is 5.81. The highest BCUT2D eigenvalue weighted by Crippen LogP contribution is 2.19. The second kappa shape index (κ2) is 10.6. The van der Waals surface area contributed by atoms with E-state index in [4.69, 9.17) is 4.74 Å². The predicted octanol–water partition coefficient (Wildman–Crippen LogP) is 3.93. The van der Waals surface area contributed by atoms with Crippen molar-refractivity contribution in [3.05, 3.63) is 64.7 Å². The second-order valence-electron chi connectivity index (χ2n) is 7.54. The third-order valence-corrected chi connectivity index (χ3v) is 4.85. The van der Waals surface area contributed by atoms with E-state index in [0.717, 1.165) is 28.7 Å². The Morgan fingerprint density at radius 2 is 1.79 bits per heavy atom. The van der Waals surface area contributed by atoms with Crippen molar-refractivity contribution < 1.29 is 14.3 Å². The van der Waals surface area contributed by atoms with Crippen LogP contribution in [0.3, 0.4) is 0 Å². The van der Waals surface area contributed by atoms with Crippen molar-refractivity contribution in [1.29, 1.82) is 0 Å². The molecule has 2 aromatic carbocycles. The zero-order valence-electron chi connectivity index (χ0n) is 18.1. The number of benzene rings is 2. The van der Waals surface area contributed by atoms with Crippen LogP contribution in [0, 0.1) is 20.8 Å². The topological polar surface area (TPSA) is 58.6 Å². The molecule has 0 bridgehead atoms. The van der Waals surface area contributed by atoms with Crippen LogP contribution in [0.5, 0.6) is 5.75 Å². The molecule has 0 fully saturated rings. The Kier molecular flexibility index (Phi) is 8.25. The minimum Gasteiger partial charge on any atom is -0.483 e. The van der Waals surface area contributed by atoms with Crippen LogP contribution in [0.4, 0.5) is 0 Å². The van der Waals surface area contributed by atoms with E-state index >= 15 is 0 Å². The molecule has 0 aliphatic heterocycles. The van der Waals surface area contributed by atoms with Crippen LogP contribution in [0.25, 0.3) is 0 Å². The Hall–Kier alpha value is -2.82. The number of aryl methyl sites for hydroxylation is 3. The lowest BCUT2D eigenvalue weighted by Crippen LogP contribution is -2.49. The third kappa shape index (κ3) is 6.63. The van der Waals surface area contributed by atoms with Gasteiger partial charge in [0.15, 0.2) is 6.61 Å². The number of ether oxygens (including phenoxy) is 1. The van der Waals surface area contributed by atoms with Gasteiger partial charge in [-0.15, -0.1) is 0 Å². The van der Waals surface area contributed by atoms with Gasteiger partial charge in [-0.25, -0.2) is 0 Å². The molecule has 2 rings (SSSR count). The molecular formula is C24H32N2O3. The first kappa shape index (κ1) is 22.5. The van der Waals surface area contributed by atoms with E-state index in [1.54, 1.807) is 11.8 Å². The average Bonchev–Trinajstić information content (AvgIpc) is 2.70. The number of hydrogen-bond acceptors (Lipinski definition) is 3. The van der Waals surface area contributed by atoms with Crippen LogP contribution in [-0.4, -0.2) is 35.9 Å². The lowest BCUT2D eigenvalue weighted by atomic mass is 10.1. The molecule has 0 radical (unpaired) electrons. The number of carbonyl (C=O) groups is 2. The maximum Gasteiger partial charge on any atom is 0.261 e. The van der Waals surface area contributed by atoms with Crippen molar-refractivity contribution in [2.45, 2.75) is 53.6 Å². The molecule has 2 aromatic rings. The molecule has 2 amide bonds. The highest BCUT2D eigenvalue weighted by atomic mass is 16.5. The van der Waals surface area contributed by atoms with E-state index in [9.17, 15) is 9.59 Å². The van der Waals surface area contributed by atoms with Crippen molar-refractivity contribution in [3.8, 4) is 5.75 Å². The number of nitrogens with zero attached hydrogens (tertiary/aromatic N) is 1. The Morgan fingerprint density at radius 1 is 1.07 bits per heavy atom. The van der Waals surface area contributed by atoms with Crippen molar-refractivity contribution in [2.75, 3.05) is 13.2 Å². The van der Waals surface area contributed by atoms with Crippen molar-refractivity contribution in [2.24, 2.45) is 0 Å².